The van der Waals surface area contributed by atoms with Crippen LogP contribution in [0.5, 0.6) is 11.5 Å². The molecule has 0 fully saturated rings. The van der Waals surface area contributed by atoms with Crippen LogP contribution >= 0.6 is 0 Å². The minimum atomic E-state index is -0.287. The van der Waals surface area contributed by atoms with Gasteiger partial charge >= 0.3 is 0 Å². The first kappa shape index (κ1) is 15.2. The molecule has 0 aliphatic heterocycles. The van der Waals surface area contributed by atoms with E-state index >= 15 is 0 Å². The van der Waals surface area contributed by atoms with Crippen LogP contribution in [0.2, 0.25) is 0 Å². The van der Waals surface area contributed by atoms with Crippen molar-refractivity contribution in [3.8, 4) is 17.3 Å². The molecule has 118 valence electrons. The van der Waals surface area contributed by atoms with E-state index in [-0.39, 0.29) is 5.82 Å². The lowest BCUT2D eigenvalue weighted by molar-refractivity contribution is 0.474. The molecule has 0 N–H and O–H groups in total. The number of hydrogen-bond donors (Lipinski definition) is 0. The fourth-order valence-electron chi connectivity index (χ4n) is 2.14. The summed E-state index contributed by atoms with van der Waals surface area (Å²) in [6, 6.07) is 10.3. The zero-order chi connectivity index (χ0) is 16.4. The second-order valence-corrected chi connectivity index (χ2v) is 5.70. The number of pyridine rings is 1. The normalized spacial score (nSPS) is 11.0. The highest BCUT2D eigenvalue weighted by Crippen LogP contribution is 2.24. The molecule has 0 aliphatic rings. The Labute approximate surface area is 134 Å². The molecule has 0 radical (unpaired) electrons. The summed E-state index contributed by atoms with van der Waals surface area (Å²) >= 11 is 0. The molecule has 0 aliphatic carbocycles. The minimum absolute atomic E-state index is 0.287. The maximum atomic E-state index is 13.6. The lowest BCUT2D eigenvalue weighted by Crippen LogP contribution is -2.00. The number of rotatable bonds is 4. The summed E-state index contributed by atoms with van der Waals surface area (Å²) in [4.78, 5) is 4.30. The first-order chi connectivity index (χ1) is 11.0. The van der Waals surface area contributed by atoms with Crippen molar-refractivity contribution in [2.24, 2.45) is 0 Å². The Hall–Kier alpha value is -2.69. The van der Waals surface area contributed by atoms with Crippen molar-refractivity contribution >= 4 is 0 Å². The smallest absolute Gasteiger partial charge is 0.156 e. The summed E-state index contributed by atoms with van der Waals surface area (Å²) in [5.74, 6) is 1.76. The fraction of sp³-hybridized carbons (Fsp3) is 0.222. The Morgan fingerprint density at radius 3 is 2.57 bits per heavy atom. The second kappa shape index (κ2) is 6.20. The molecular weight excluding hydrogens is 293 g/mol. The van der Waals surface area contributed by atoms with E-state index in [0.29, 0.717) is 28.8 Å². The van der Waals surface area contributed by atoms with Crippen LogP contribution in [0, 0.1) is 12.7 Å². The first-order valence-electron chi connectivity index (χ1n) is 7.49. The van der Waals surface area contributed by atoms with Crippen molar-refractivity contribution < 1.29 is 9.13 Å². The highest BCUT2D eigenvalue weighted by molar-refractivity contribution is 5.37. The zero-order valence-electron chi connectivity index (χ0n) is 13.3. The second-order valence-electron chi connectivity index (χ2n) is 5.70. The molecule has 3 aromatic rings. The van der Waals surface area contributed by atoms with Crippen molar-refractivity contribution in [2.45, 2.75) is 26.7 Å². The number of aromatic nitrogens is 3. The molecule has 0 saturated carbocycles. The van der Waals surface area contributed by atoms with Gasteiger partial charge in [-0.15, -0.1) is 0 Å². The monoisotopic (exact) mass is 311 g/mol. The van der Waals surface area contributed by atoms with E-state index in [0.717, 1.165) is 5.69 Å². The molecule has 23 heavy (non-hydrogen) atoms. The third-order valence-corrected chi connectivity index (χ3v) is 3.53. The van der Waals surface area contributed by atoms with E-state index in [1.54, 1.807) is 42.1 Å². The van der Waals surface area contributed by atoms with Gasteiger partial charge in [0, 0.05) is 24.5 Å². The van der Waals surface area contributed by atoms with Gasteiger partial charge in [0.1, 0.15) is 17.3 Å². The summed E-state index contributed by atoms with van der Waals surface area (Å²) in [5.41, 5.74) is 1.59. The molecule has 0 amide bonds. The molecular formula is C18H18FN3O. The SMILES string of the molecule is Cc1ccc(Oc2ccnc(-n3ccc(C(C)C)n3)c2)cc1F. The van der Waals surface area contributed by atoms with Gasteiger partial charge in [0.2, 0.25) is 0 Å². The van der Waals surface area contributed by atoms with E-state index in [2.05, 4.69) is 23.9 Å². The molecule has 3 rings (SSSR count). The van der Waals surface area contributed by atoms with Crippen LogP contribution < -0.4 is 4.74 Å². The van der Waals surface area contributed by atoms with E-state index in [1.165, 1.54) is 6.07 Å². The predicted octanol–water partition coefficient (Wildman–Crippen LogP) is 4.63. The molecule has 5 heteroatoms. The molecule has 0 atom stereocenters. The molecule has 2 heterocycles. The van der Waals surface area contributed by atoms with Gasteiger partial charge in [-0.2, -0.15) is 5.10 Å². The highest BCUT2D eigenvalue weighted by atomic mass is 19.1. The molecule has 2 aromatic heterocycles. The third-order valence-electron chi connectivity index (χ3n) is 3.53. The molecule has 0 saturated heterocycles. The van der Waals surface area contributed by atoms with E-state index in [4.69, 9.17) is 4.74 Å². The van der Waals surface area contributed by atoms with Crippen molar-refractivity contribution in [1.29, 1.82) is 0 Å². The highest BCUT2D eigenvalue weighted by Gasteiger charge is 2.07. The fourth-order valence-corrected chi connectivity index (χ4v) is 2.14. The molecule has 0 bridgehead atoms. The first-order valence-corrected chi connectivity index (χ1v) is 7.49. The van der Waals surface area contributed by atoms with Crippen molar-refractivity contribution in [1.82, 2.24) is 14.8 Å². The van der Waals surface area contributed by atoms with Gasteiger partial charge in [-0.1, -0.05) is 19.9 Å². The number of ether oxygens (including phenoxy) is 1. The number of nitrogens with zero attached hydrogens (tertiary/aromatic N) is 3. The summed E-state index contributed by atoms with van der Waals surface area (Å²) in [5, 5.41) is 4.49. The number of aryl methyl sites for hydroxylation is 1. The zero-order valence-corrected chi connectivity index (χ0v) is 13.3. The van der Waals surface area contributed by atoms with Gasteiger partial charge in [0.15, 0.2) is 5.82 Å². The van der Waals surface area contributed by atoms with E-state index in [9.17, 15) is 4.39 Å². The van der Waals surface area contributed by atoms with Gasteiger partial charge in [-0.25, -0.2) is 14.1 Å². The maximum Gasteiger partial charge on any atom is 0.156 e. The quantitative estimate of drug-likeness (QED) is 0.705. The summed E-state index contributed by atoms with van der Waals surface area (Å²) < 4.78 is 21.0. The van der Waals surface area contributed by atoms with Gasteiger partial charge in [0.05, 0.1) is 5.69 Å². The molecule has 4 nitrogen and oxygen atoms in total. The summed E-state index contributed by atoms with van der Waals surface area (Å²) in [6.07, 6.45) is 3.51. The van der Waals surface area contributed by atoms with Crippen molar-refractivity contribution in [3.63, 3.8) is 0 Å². The van der Waals surface area contributed by atoms with Crippen LogP contribution in [-0.4, -0.2) is 14.8 Å². The third kappa shape index (κ3) is 3.39. The molecule has 0 unspecified atom stereocenters. The largest absolute Gasteiger partial charge is 0.457 e. The molecule has 1 aromatic carbocycles. The van der Waals surface area contributed by atoms with E-state index < -0.39 is 0 Å². The lowest BCUT2D eigenvalue weighted by Gasteiger charge is -2.08. The van der Waals surface area contributed by atoms with Gasteiger partial charge < -0.3 is 4.74 Å². The Kier molecular flexibility index (Phi) is 4.10. The van der Waals surface area contributed by atoms with Gasteiger partial charge in [0.25, 0.3) is 0 Å². The van der Waals surface area contributed by atoms with Crippen molar-refractivity contribution in [3.05, 3.63) is 65.9 Å². The Morgan fingerprint density at radius 2 is 1.87 bits per heavy atom. The van der Waals surface area contributed by atoms with Gasteiger partial charge in [-0.05, 0) is 36.6 Å². The van der Waals surface area contributed by atoms with Crippen LogP contribution in [0.4, 0.5) is 4.39 Å². The summed E-state index contributed by atoms with van der Waals surface area (Å²) in [7, 11) is 0. The predicted molar refractivity (Wildman–Crippen MR) is 86.7 cm³/mol. The topological polar surface area (TPSA) is 39.9 Å². The van der Waals surface area contributed by atoms with Crippen LogP contribution in [0.25, 0.3) is 5.82 Å². The van der Waals surface area contributed by atoms with E-state index in [1.807, 2.05) is 12.3 Å². The van der Waals surface area contributed by atoms with Crippen LogP contribution in [0.15, 0.2) is 48.8 Å². The van der Waals surface area contributed by atoms with Crippen LogP contribution in [0.3, 0.4) is 0 Å². The Morgan fingerprint density at radius 1 is 1.09 bits per heavy atom. The maximum absolute atomic E-state index is 13.6. The molecule has 0 spiro atoms. The average molecular weight is 311 g/mol. The number of benzene rings is 1. The minimum Gasteiger partial charge on any atom is -0.457 e. The number of halogens is 1. The summed E-state index contributed by atoms with van der Waals surface area (Å²) in [6.45, 7) is 5.89. The standard InChI is InChI=1S/C18H18FN3O/c1-12(2)17-7-9-22(21-17)18-11-15(6-8-20-18)23-14-5-4-13(3)16(19)10-14/h4-12H,1-3H3. The van der Waals surface area contributed by atoms with Gasteiger partial charge in [-0.3, -0.25) is 0 Å². The van der Waals surface area contributed by atoms with Crippen molar-refractivity contribution in [2.75, 3.05) is 0 Å². The Balaban J connectivity index is 1.85. The van der Waals surface area contributed by atoms with Crippen LogP contribution in [0.1, 0.15) is 31.0 Å². The Bertz CT molecular complexity index is 827. The average Bonchev–Trinajstić information content (AvgIpc) is 3.01. The number of hydrogen-bond acceptors (Lipinski definition) is 3. The van der Waals surface area contributed by atoms with Crippen LogP contribution in [-0.2, 0) is 0 Å². The lowest BCUT2D eigenvalue weighted by atomic mass is 10.1.